The van der Waals surface area contributed by atoms with Crippen LogP contribution in [0.3, 0.4) is 0 Å². The van der Waals surface area contributed by atoms with E-state index in [1.54, 1.807) is 36.4 Å². The molecule has 0 saturated carbocycles. The highest BCUT2D eigenvalue weighted by molar-refractivity contribution is 6.35. The first kappa shape index (κ1) is 14.5. The van der Waals surface area contributed by atoms with Gasteiger partial charge in [-0.2, -0.15) is 0 Å². The number of halogens is 2. The number of amides is 1. The molecule has 4 nitrogen and oxygen atoms in total. The Morgan fingerprint density at radius 1 is 1.15 bits per heavy atom. The average Bonchev–Trinajstić information content (AvgIpc) is 2.37. The van der Waals surface area contributed by atoms with E-state index in [9.17, 15) is 4.79 Å². The van der Waals surface area contributed by atoms with Crippen molar-refractivity contribution >= 4 is 40.5 Å². The molecule has 1 amide bonds. The number of ether oxygens (including phenoxy) is 1. The van der Waals surface area contributed by atoms with Gasteiger partial charge in [0.2, 0.25) is 0 Å². The second-order valence-electron chi connectivity index (χ2n) is 4.07. The van der Waals surface area contributed by atoms with Gasteiger partial charge >= 0.3 is 0 Å². The maximum atomic E-state index is 12.1. The highest BCUT2D eigenvalue weighted by Crippen LogP contribution is 2.25. The van der Waals surface area contributed by atoms with Crippen molar-refractivity contribution in [3.05, 3.63) is 52.0 Å². The molecule has 2 rings (SSSR count). The second kappa shape index (κ2) is 6.03. The highest BCUT2D eigenvalue weighted by atomic mass is 35.5. The smallest absolute Gasteiger partial charge is 0.255 e. The first-order valence-corrected chi connectivity index (χ1v) is 6.46. The standard InChI is InChI=1S/C14H12Cl2N2O2/c1-20-13-3-2-8(4-12(13)17)14(19)18-11-6-9(15)5-10(16)7-11/h2-7H,17H2,1H3,(H,18,19). The zero-order valence-corrected chi connectivity index (χ0v) is 12.1. The Morgan fingerprint density at radius 2 is 1.80 bits per heavy atom. The van der Waals surface area contributed by atoms with Gasteiger partial charge in [0.1, 0.15) is 5.75 Å². The summed E-state index contributed by atoms with van der Waals surface area (Å²) in [4.78, 5) is 12.1. The number of anilines is 2. The predicted molar refractivity (Wildman–Crippen MR) is 81.8 cm³/mol. The van der Waals surface area contributed by atoms with Crippen LogP contribution in [0.2, 0.25) is 10.0 Å². The molecule has 0 fully saturated rings. The molecule has 6 heteroatoms. The van der Waals surface area contributed by atoms with Crippen LogP contribution in [0.15, 0.2) is 36.4 Å². The number of carbonyl (C=O) groups is 1. The molecule has 0 aromatic heterocycles. The van der Waals surface area contributed by atoms with E-state index in [1.807, 2.05) is 0 Å². The van der Waals surface area contributed by atoms with Gasteiger partial charge in [0, 0.05) is 21.3 Å². The summed E-state index contributed by atoms with van der Waals surface area (Å²) >= 11 is 11.7. The van der Waals surface area contributed by atoms with Crippen molar-refractivity contribution in [1.29, 1.82) is 0 Å². The normalized spacial score (nSPS) is 10.2. The van der Waals surface area contributed by atoms with Crippen LogP contribution in [0.4, 0.5) is 11.4 Å². The monoisotopic (exact) mass is 310 g/mol. The van der Waals surface area contributed by atoms with E-state index in [-0.39, 0.29) is 5.91 Å². The van der Waals surface area contributed by atoms with Crippen LogP contribution in [0.25, 0.3) is 0 Å². The molecule has 0 aliphatic carbocycles. The average molecular weight is 311 g/mol. The number of hydrogen-bond acceptors (Lipinski definition) is 3. The molecule has 0 spiro atoms. The summed E-state index contributed by atoms with van der Waals surface area (Å²) in [6, 6.07) is 9.60. The fourth-order valence-electron chi connectivity index (χ4n) is 1.70. The topological polar surface area (TPSA) is 64.3 Å². The molecule has 0 bridgehead atoms. The van der Waals surface area contributed by atoms with E-state index in [1.165, 1.54) is 7.11 Å². The van der Waals surface area contributed by atoms with Crippen molar-refractivity contribution in [3.8, 4) is 5.75 Å². The SMILES string of the molecule is COc1ccc(C(=O)Nc2cc(Cl)cc(Cl)c2)cc1N. The number of nitrogens with two attached hydrogens (primary N) is 1. The molecular formula is C14H12Cl2N2O2. The van der Waals surface area contributed by atoms with Crippen LogP contribution in [-0.2, 0) is 0 Å². The minimum Gasteiger partial charge on any atom is -0.495 e. The number of hydrogen-bond donors (Lipinski definition) is 2. The van der Waals surface area contributed by atoms with Crippen LogP contribution in [0, 0.1) is 0 Å². The first-order valence-electron chi connectivity index (χ1n) is 5.70. The Balaban J connectivity index is 2.21. The third-order valence-corrected chi connectivity index (χ3v) is 3.05. The lowest BCUT2D eigenvalue weighted by Crippen LogP contribution is -2.12. The van der Waals surface area contributed by atoms with Gasteiger partial charge in [-0.15, -0.1) is 0 Å². The van der Waals surface area contributed by atoms with E-state index >= 15 is 0 Å². The molecular weight excluding hydrogens is 299 g/mol. The van der Waals surface area contributed by atoms with Crippen molar-refractivity contribution in [2.75, 3.05) is 18.2 Å². The summed E-state index contributed by atoms with van der Waals surface area (Å²) in [5, 5.41) is 3.59. The summed E-state index contributed by atoms with van der Waals surface area (Å²) < 4.78 is 5.04. The first-order chi connectivity index (χ1) is 9.49. The molecule has 0 saturated heterocycles. The fraction of sp³-hybridized carbons (Fsp3) is 0.0714. The quantitative estimate of drug-likeness (QED) is 0.847. The van der Waals surface area contributed by atoms with Gasteiger partial charge in [-0.05, 0) is 36.4 Å². The Labute approximate surface area is 126 Å². The molecule has 0 radical (unpaired) electrons. The van der Waals surface area contributed by atoms with Crippen LogP contribution in [-0.4, -0.2) is 13.0 Å². The van der Waals surface area contributed by atoms with Gasteiger partial charge in [-0.1, -0.05) is 23.2 Å². The maximum Gasteiger partial charge on any atom is 0.255 e. The summed E-state index contributed by atoms with van der Waals surface area (Å²) in [6.45, 7) is 0. The Bertz CT molecular complexity index is 639. The van der Waals surface area contributed by atoms with Gasteiger partial charge in [-0.25, -0.2) is 0 Å². The van der Waals surface area contributed by atoms with Crippen LogP contribution in [0.5, 0.6) is 5.75 Å². The minimum atomic E-state index is -0.308. The van der Waals surface area contributed by atoms with Gasteiger partial charge < -0.3 is 15.8 Å². The lowest BCUT2D eigenvalue weighted by molar-refractivity contribution is 0.102. The second-order valence-corrected chi connectivity index (χ2v) is 4.94. The summed E-state index contributed by atoms with van der Waals surface area (Å²) in [6.07, 6.45) is 0. The Kier molecular flexibility index (Phi) is 4.37. The van der Waals surface area contributed by atoms with Crippen molar-refractivity contribution in [3.63, 3.8) is 0 Å². The van der Waals surface area contributed by atoms with Gasteiger partial charge in [-0.3, -0.25) is 4.79 Å². The number of nitrogen functional groups attached to an aromatic ring is 1. The Morgan fingerprint density at radius 3 is 2.35 bits per heavy atom. The largest absolute Gasteiger partial charge is 0.495 e. The third kappa shape index (κ3) is 3.35. The molecule has 104 valence electrons. The number of rotatable bonds is 3. The number of nitrogens with one attached hydrogen (secondary N) is 1. The van der Waals surface area contributed by atoms with Crippen molar-refractivity contribution in [2.24, 2.45) is 0 Å². The number of carbonyl (C=O) groups excluding carboxylic acids is 1. The van der Waals surface area contributed by atoms with Crippen molar-refractivity contribution in [1.82, 2.24) is 0 Å². The molecule has 3 N–H and O–H groups in total. The highest BCUT2D eigenvalue weighted by Gasteiger charge is 2.09. The predicted octanol–water partition coefficient (Wildman–Crippen LogP) is 3.84. The van der Waals surface area contributed by atoms with E-state index in [2.05, 4.69) is 5.32 Å². The molecule has 2 aromatic carbocycles. The van der Waals surface area contributed by atoms with E-state index < -0.39 is 0 Å². The molecule has 0 atom stereocenters. The van der Waals surface area contributed by atoms with Gasteiger partial charge in [0.05, 0.1) is 12.8 Å². The zero-order chi connectivity index (χ0) is 14.7. The summed E-state index contributed by atoms with van der Waals surface area (Å²) in [5.41, 5.74) is 7.09. The molecule has 2 aromatic rings. The van der Waals surface area contributed by atoms with E-state index in [4.69, 9.17) is 33.7 Å². The zero-order valence-electron chi connectivity index (χ0n) is 10.6. The minimum absolute atomic E-state index is 0.308. The molecule has 0 aliphatic rings. The summed E-state index contributed by atoms with van der Waals surface area (Å²) in [7, 11) is 1.51. The van der Waals surface area contributed by atoms with Crippen molar-refractivity contribution < 1.29 is 9.53 Å². The molecule has 0 unspecified atom stereocenters. The number of methoxy groups -OCH3 is 1. The Hall–Kier alpha value is -1.91. The van der Waals surface area contributed by atoms with E-state index in [0.29, 0.717) is 32.7 Å². The third-order valence-electron chi connectivity index (χ3n) is 2.61. The fourth-order valence-corrected chi connectivity index (χ4v) is 2.23. The lowest BCUT2D eigenvalue weighted by atomic mass is 10.1. The lowest BCUT2D eigenvalue weighted by Gasteiger charge is -2.09. The molecule has 0 heterocycles. The van der Waals surface area contributed by atoms with Gasteiger partial charge in [0.25, 0.3) is 5.91 Å². The van der Waals surface area contributed by atoms with Crippen molar-refractivity contribution in [2.45, 2.75) is 0 Å². The van der Waals surface area contributed by atoms with Crippen LogP contribution in [0.1, 0.15) is 10.4 Å². The number of benzene rings is 2. The van der Waals surface area contributed by atoms with Gasteiger partial charge in [0.15, 0.2) is 0 Å². The maximum absolute atomic E-state index is 12.1. The van der Waals surface area contributed by atoms with Crippen LogP contribution < -0.4 is 15.8 Å². The molecule has 20 heavy (non-hydrogen) atoms. The summed E-state index contributed by atoms with van der Waals surface area (Å²) in [5.74, 6) is 0.213. The molecule has 0 aliphatic heterocycles. The van der Waals surface area contributed by atoms with E-state index in [0.717, 1.165) is 0 Å². The van der Waals surface area contributed by atoms with Crippen LogP contribution >= 0.6 is 23.2 Å².